The summed E-state index contributed by atoms with van der Waals surface area (Å²) in [5.74, 6) is -1.99. The summed E-state index contributed by atoms with van der Waals surface area (Å²) >= 11 is 0. The largest absolute Gasteiger partial charge is 0.489 e. The van der Waals surface area contributed by atoms with E-state index in [-0.39, 0.29) is 12.4 Å². The molecular formula is C3H4ClO5P. The number of ketones is 1. The van der Waals surface area contributed by atoms with Gasteiger partial charge >= 0.3 is 13.8 Å². The minimum absolute atomic E-state index is 0. The molecule has 10 heavy (non-hydrogen) atoms. The number of halogens is 1. The first kappa shape index (κ1) is 8.17. The van der Waals surface area contributed by atoms with E-state index in [2.05, 4.69) is 13.6 Å². The normalized spacial score (nSPS) is 48.1. The number of hydrogen-bond acceptors (Lipinski definition) is 5. The molecule has 5 nitrogen and oxygen atoms in total. The molecule has 3 aliphatic heterocycles. The van der Waals surface area contributed by atoms with Gasteiger partial charge in [0.1, 0.15) is 0 Å². The Morgan fingerprint density at radius 3 is 1.90 bits per heavy atom. The fraction of sp³-hybridized carbons (Fsp3) is 0.667. The molecule has 3 heterocycles. The number of Topliss-reactive ketones (excluding diaryl/α,β-unsaturated/α-hetero) is 1. The Morgan fingerprint density at radius 1 is 1.40 bits per heavy atom. The van der Waals surface area contributed by atoms with Crippen LogP contribution in [0, 0.1) is 0 Å². The second kappa shape index (κ2) is 1.81. The van der Waals surface area contributed by atoms with E-state index in [1.807, 2.05) is 0 Å². The molecule has 0 unspecified atom stereocenters. The van der Waals surface area contributed by atoms with Crippen molar-refractivity contribution in [1.29, 1.82) is 0 Å². The van der Waals surface area contributed by atoms with E-state index >= 15 is 0 Å². The molecule has 0 N–H and O–H groups in total. The lowest BCUT2D eigenvalue weighted by atomic mass is 10.4. The molecule has 0 saturated carbocycles. The Bertz CT molecular complexity index is 211. The van der Waals surface area contributed by atoms with Crippen molar-refractivity contribution in [3.8, 4) is 0 Å². The summed E-state index contributed by atoms with van der Waals surface area (Å²) in [4.78, 5) is 10.4. The Balaban J connectivity index is 0.000000500. The van der Waals surface area contributed by atoms with E-state index in [0.29, 0.717) is 0 Å². The van der Waals surface area contributed by atoms with Gasteiger partial charge in [-0.1, -0.05) is 0 Å². The van der Waals surface area contributed by atoms with Gasteiger partial charge in [-0.15, -0.1) is 12.4 Å². The fourth-order valence-electron chi connectivity index (χ4n) is 0.655. The van der Waals surface area contributed by atoms with Gasteiger partial charge in [-0.2, -0.15) is 0 Å². The first-order valence-electron chi connectivity index (χ1n) is 2.30. The predicted molar refractivity (Wildman–Crippen MR) is 31.5 cm³/mol. The van der Waals surface area contributed by atoms with Gasteiger partial charge < -0.3 is 0 Å². The van der Waals surface area contributed by atoms with Crippen LogP contribution in [0.1, 0.15) is 6.92 Å². The molecule has 0 spiro atoms. The van der Waals surface area contributed by atoms with Crippen molar-refractivity contribution >= 4 is 26.0 Å². The summed E-state index contributed by atoms with van der Waals surface area (Å²) in [5.41, 5.74) is 0. The molecule has 0 aromatic rings. The molecule has 7 heteroatoms. The van der Waals surface area contributed by atoms with Crippen LogP contribution in [-0.4, -0.2) is 11.8 Å². The number of phosphoric acid groups is 1. The van der Waals surface area contributed by atoms with Crippen LogP contribution in [0.25, 0.3) is 0 Å². The molecule has 0 aromatic heterocycles. The van der Waals surface area contributed by atoms with Crippen molar-refractivity contribution in [2.45, 2.75) is 12.9 Å². The predicted octanol–water partition coefficient (Wildman–Crippen LogP) is 0.836. The first-order valence-corrected chi connectivity index (χ1v) is 3.76. The van der Waals surface area contributed by atoms with Gasteiger partial charge in [0.2, 0.25) is 5.78 Å². The van der Waals surface area contributed by atoms with Gasteiger partial charge in [-0.3, -0.25) is 4.79 Å². The standard InChI is InChI=1S/C3H3O5P.ClH/c1-2(4)3-6-9(5,7-3)8-3;/h1H3;1H. The monoisotopic (exact) mass is 186 g/mol. The van der Waals surface area contributed by atoms with Gasteiger partial charge in [0.25, 0.3) is 0 Å². The van der Waals surface area contributed by atoms with Crippen molar-refractivity contribution in [1.82, 2.24) is 0 Å². The first-order chi connectivity index (χ1) is 4.06. The van der Waals surface area contributed by atoms with Crippen LogP contribution >= 0.6 is 20.2 Å². The SMILES string of the molecule is CC(=O)C12OP(=O)(O1)O2.Cl. The fourth-order valence-corrected chi connectivity index (χ4v) is 1.96. The zero-order valence-electron chi connectivity index (χ0n) is 4.90. The maximum Gasteiger partial charge on any atom is 0.489 e. The highest BCUT2D eigenvalue weighted by molar-refractivity contribution is 7.52. The molecule has 0 amide bonds. The quantitative estimate of drug-likeness (QED) is 0.568. The lowest BCUT2D eigenvalue weighted by Crippen LogP contribution is -2.61. The van der Waals surface area contributed by atoms with E-state index in [9.17, 15) is 9.36 Å². The van der Waals surface area contributed by atoms with Crippen LogP contribution < -0.4 is 0 Å². The van der Waals surface area contributed by atoms with Gasteiger partial charge in [-0.25, -0.2) is 18.1 Å². The molecule has 0 radical (unpaired) electrons. The van der Waals surface area contributed by atoms with Crippen molar-refractivity contribution in [2.24, 2.45) is 0 Å². The average molecular weight is 186 g/mol. The van der Waals surface area contributed by atoms with Crippen molar-refractivity contribution < 1.29 is 22.9 Å². The van der Waals surface area contributed by atoms with Crippen molar-refractivity contribution in [2.75, 3.05) is 0 Å². The smallest absolute Gasteiger partial charge is 0.291 e. The molecule has 0 aromatic carbocycles. The maximum absolute atomic E-state index is 10.4. The van der Waals surface area contributed by atoms with Crippen LogP contribution in [0.4, 0.5) is 0 Å². The molecule has 2 bridgehead atoms. The molecule has 0 atom stereocenters. The van der Waals surface area contributed by atoms with Crippen LogP contribution in [-0.2, 0) is 22.9 Å². The molecular weight excluding hydrogens is 182 g/mol. The zero-order chi connectivity index (χ0) is 6.70. The van der Waals surface area contributed by atoms with Crippen LogP contribution in [0.2, 0.25) is 0 Å². The van der Waals surface area contributed by atoms with Crippen LogP contribution in [0.5, 0.6) is 0 Å². The average Bonchev–Trinajstić information content (AvgIpc) is 1.54. The number of carbonyl (C=O) groups excluding carboxylic acids is 1. The number of hydrogen-bond donors (Lipinski definition) is 0. The Morgan fingerprint density at radius 2 is 1.80 bits per heavy atom. The minimum Gasteiger partial charge on any atom is -0.291 e. The summed E-state index contributed by atoms with van der Waals surface area (Å²) in [6.07, 6.45) is 0. The molecule has 3 fully saturated rings. The molecule has 58 valence electrons. The summed E-state index contributed by atoms with van der Waals surface area (Å²) in [7, 11) is -3.16. The second-order valence-electron chi connectivity index (χ2n) is 1.83. The number of carbonyl (C=O) groups is 1. The molecule has 3 rings (SSSR count). The van der Waals surface area contributed by atoms with Crippen LogP contribution in [0.15, 0.2) is 0 Å². The second-order valence-corrected chi connectivity index (χ2v) is 3.28. The Hall–Kier alpha value is 0.0700. The Kier molecular flexibility index (Phi) is 1.48. The zero-order valence-corrected chi connectivity index (χ0v) is 6.61. The number of phosphoric ester groups is 1. The Labute approximate surface area is 62.7 Å². The third kappa shape index (κ3) is 0.696. The maximum atomic E-state index is 10.4. The van der Waals surface area contributed by atoms with Crippen molar-refractivity contribution in [3.63, 3.8) is 0 Å². The summed E-state index contributed by atoms with van der Waals surface area (Å²) in [5, 5.41) is 0. The molecule has 3 saturated heterocycles. The highest BCUT2D eigenvalue weighted by Crippen LogP contribution is 2.79. The lowest BCUT2D eigenvalue weighted by molar-refractivity contribution is -0.397. The van der Waals surface area contributed by atoms with Gasteiger partial charge in [0.15, 0.2) is 0 Å². The molecule has 0 aliphatic carbocycles. The number of rotatable bonds is 1. The highest BCUT2D eigenvalue weighted by Gasteiger charge is 2.77. The van der Waals surface area contributed by atoms with Crippen LogP contribution in [0.3, 0.4) is 0 Å². The van der Waals surface area contributed by atoms with Gasteiger partial charge in [-0.05, 0) is 0 Å². The lowest BCUT2D eigenvalue weighted by Gasteiger charge is -2.53. The minimum atomic E-state index is -3.16. The van der Waals surface area contributed by atoms with E-state index in [4.69, 9.17) is 0 Å². The van der Waals surface area contributed by atoms with Gasteiger partial charge in [0.05, 0.1) is 0 Å². The summed E-state index contributed by atoms with van der Waals surface area (Å²) in [6.45, 7) is 1.24. The van der Waals surface area contributed by atoms with E-state index < -0.39 is 19.6 Å². The van der Waals surface area contributed by atoms with E-state index in [1.165, 1.54) is 6.92 Å². The summed E-state index contributed by atoms with van der Waals surface area (Å²) < 4.78 is 23.7. The third-order valence-corrected chi connectivity index (χ3v) is 2.52. The molecule has 3 aliphatic rings. The van der Waals surface area contributed by atoms with E-state index in [1.54, 1.807) is 0 Å². The topological polar surface area (TPSA) is 61.8 Å². The highest BCUT2D eigenvalue weighted by atomic mass is 35.5. The summed E-state index contributed by atoms with van der Waals surface area (Å²) in [6, 6.07) is 0. The van der Waals surface area contributed by atoms with Crippen molar-refractivity contribution in [3.05, 3.63) is 0 Å². The van der Waals surface area contributed by atoms with E-state index in [0.717, 1.165) is 0 Å². The third-order valence-electron chi connectivity index (χ3n) is 1.13. The van der Waals surface area contributed by atoms with Gasteiger partial charge in [0, 0.05) is 6.92 Å².